The molecule has 0 spiro atoms. The zero-order chi connectivity index (χ0) is 25.4. The molecule has 0 aliphatic carbocycles. The summed E-state index contributed by atoms with van der Waals surface area (Å²) in [6, 6.07) is 17.5. The van der Waals surface area contributed by atoms with Gasteiger partial charge in [-0.3, -0.25) is 9.59 Å². The third kappa shape index (κ3) is 7.37. The third-order valence-corrected chi connectivity index (χ3v) is 5.55. The molecule has 0 fully saturated rings. The summed E-state index contributed by atoms with van der Waals surface area (Å²) in [5, 5.41) is 12.0. The van der Waals surface area contributed by atoms with Crippen LogP contribution in [0.4, 0.5) is 8.78 Å². The number of aliphatic carboxylic acids is 1. The van der Waals surface area contributed by atoms with E-state index in [-0.39, 0.29) is 36.5 Å². The molecular weight excluding hydrogens is 452 g/mol. The number of hydrogen-bond acceptors (Lipinski definition) is 3. The van der Waals surface area contributed by atoms with Crippen LogP contribution in [0.1, 0.15) is 59.8 Å². The molecule has 0 saturated carbocycles. The second kappa shape index (κ2) is 12.1. The van der Waals surface area contributed by atoms with E-state index in [0.717, 1.165) is 11.6 Å². The van der Waals surface area contributed by atoms with Gasteiger partial charge < -0.3 is 15.2 Å². The van der Waals surface area contributed by atoms with Gasteiger partial charge in [-0.15, -0.1) is 0 Å². The van der Waals surface area contributed by atoms with Crippen LogP contribution in [0.2, 0.25) is 0 Å². The van der Waals surface area contributed by atoms with Crippen molar-refractivity contribution in [3.63, 3.8) is 0 Å². The fourth-order valence-electron chi connectivity index (χ4n) is 3.83. The summed E-state index contributed by atoms with van der Waals surface area (Å²) in [5.41, 5.74) is 1.63. The minimum Gasteiger partial charge on any atom is -0.489 e. The summed E-state index contributed by atoms with van der Waals surface area (Å²) in [6.07, 6.45) is 0.405. The first kappa shape index (κ1) is 25.9. The van der Waals surface area contributed by atoms with Crippen molar-refractivity contribution in [2.75, 3.05) is 0 Å². The number of carbonyl (C=O) groups is 2. The number of hydrogen-bond donors (Lipinski definition) is 2. The Morgan fingerprint density at radius 1 is 1.00 bits per heavy atom. The van der Waals surface area contributed by atoms with Crippen LogP contribution < -0.4 is 10.1 Å². The van der Waals surface area contributed by atoms with Crippen LogP contribution in [0, 0.1) is 17.6 Å². The lowest BCUT2D eigenvalue weighted by atomic mass is 9.94. The van der Waals surface area contributed by atoms with E-state index in [1.807, 2.05) is 44.2 Å². The Morgan fingerprint density at radius 3 is 2.43 bits per heavy atom. The van der Waals surface area contributed by atoms with Crippen LogP contribution in [0.15, 0.2) is 66.7 Å². The van der Waals surface area contributed by atoms with Gasteiger partial charge in [0.05, 0.1) is 6.04 Å². The molecule has 0 heterocycles. The molecule has 184 valence electrons. The molecule has 3 rings (SSSR count). The van der Waals surface area contributed by atoms with Gasteiger partial charge in [0, 0.05) is 17.5 Å². The Balaban J connectivity index is 1.89. The second-order valence-electron chi connectivity index (χ2n) is 8.79. The fourth-order valence-corrected chi connectivity index (χ4v) is 3.83. The van der Waals surface area contributed by atoms with Gasteiger partial charge >= 0.3 is 5.97 Å². The monoisotopic (exact) mass is 481 g/mol. The van der Waals surface area contributed by atoms with Crippen LogP contribution >= 0.6 is 0 Å². The van der Waals surface area contributed by atoms with Crippen molar-refractivity contribution in [1.82, 2.24) is 5.32 Å². The standard InChI is InChI=1S/C28H29F2NO4/c1-18(2)15-25(22-9-6-10-24(29)27(22)30)31-28(34)23-16-19(11-12-20(23)13-14-26(32)33)17-35-21-7-4-3-5-8-21/h3-12,16,18,25H,13-15,17H2,1-2H3,(H,31,34)(H,32,33). The highest BCUT2D eigenvalue weighted by molar-refractivity contribution is 5.96. The number of carboxylic acids is 1. The van der Waals surface area contributed by atoms with E-state index in [0.29, 0.717) is 17.7 Å². The molecule has 0 aliphatic rings. The quantitative estimate of drug-likeness (QED) is 0.348. The highest BCUT2D eigenvalue weighted by Crippen LogP contribution is 2.26. The molecule has 3 aromatic carbocycles. The van der Waals surface area contributed by atoms with E-state index in [2.05, 4.69) is 5.32 Å². The number of benzene rings is 3. The van der Waals surface area contributed by atoms with Gasteiger partial charge in [0.25, 0.3) is 5.91 Å². The molecular formula is C28H29F2NO4. The molecule has 1 amide bonds. The average molecular weight is 482 g/mol. The van der Waals surface area contributed by atoms with Crippen LogP contribution in [0.25, 0.3) is 0 Å². The summed E-state index contributed by atoms with van der Waals surface area (Å²) >= 11 is 0. The van der Waals surface area contributed by atoms with Crippen LogP contribution in [0.3, 0.4) is 0 Å². The van der Waals surface area contributed by atoms with Crippen molar-refractivity contribution in [2.45, 2.75) is 45.8 Å². The number of ether oxygens (including phenoxy) is 1. The maximum absolute atomic E-state index is 14.6. The van der Waals surface area contributed by atoms with E-state index in [1.54, 1.807) is 18.2 Å². The summed E-state index contributed by atoms with van der Waals surface area (Å²) in [7, 11) is 0. The molecule has 1 atom stereocenters. The van der Waals surface area contributed by atoms with Crippen molar-refractivity contribution in [3.05, 3.63) is 101 Å². The predicted octanol–water partition coefficient (Wildman–Crippen LogP) is 6.08. The predicted molar refractivity (Wildman–Crippen MR) is 129 cm³/mol. The van der Waals surface area contributed by atoms with Crippen LogP contribution in [-0.2, 0) is 17.8 Å². The molecule has 0 saturated heterocycles. The SMILES string of the molecule is CC(C)CC(NC(=O)c1cc(COc2ccccc2)ccc1CCC(=O)O)c1cccc(F)c1F. The van der Waals surface area contributed by atoms with Gasteiger partial charge in [-0.1, -0.05) is 56.3 Å². The number of carboxylic acid groups (broad SMARTS) is 1. The lowest BCUT2D eigenvalue weighted by molar-refractivity contribution is -0.136. The van der Waals surface area contributed by atoms with Crippen molar-refractivity contribution >= 4 is 11.9 Å². The van der Waals surface area contributed by atoms with Gasteiger partial charge in [-0.25, -0.2) is 8.78 Å². The van der Waals surface area contributed by atoms with E-state index in [9.17, 15) is 18.4 Å². The topological polar surface area (TPSA) is 75.6 Å². The molecule has 7 heteroatoms. The number of carbonyl (C=O) groups excluding carboxylic acids is 1. The first-order chi connectivity index (χ1) is 16.7. The number of amides is 1. The molecule has 1 unspecified atom stereocenters. The van der Waals surface area contributed by atoms with E-state index >= 15 is 0 Å². The van der Waals surface area contributed by atoms with Crippen molar-refractivity contribution in [1.29, 1.82) is 0 Å². The van der Waals surface area contributed by atoms with Crippen LogP contribution in [0.5, 0.6) is 5.75 Å². The van der Waals surface area contributed by atoms with Gasteiger partial charge in [0.2, 0.25) is 0 Å². The normalized spacial score (nSPS) is 11.8. The first-order valence-electron chi connectivity index (χ1n) is 11.5. The molecule has 0 bridgehead atoms. The maximum Gasteiger partial charge on any atom is 0.303 e. The number of para-hydroxylation sites is 1. The van der Waals surface area contributed by atoms with Crippen molar-refractivity contribution < 1.29 is 28.2 Å². The van der Waals surface area contributed by atoms with Crippen molar-refractivity contribution in [3.8, 4) is 5.75 Å². The van der Waals surface area contributed by atoms with Gasteiger partial charge in [0.15, 0.2) is 11.6 Å². The molecule has 5 nitrogen and oxygen atoms in total. The Labute approximate surface area is 203 Å². The van der Waals surface area contributed by atoms with Crippen LogP contribution in [-0.4, -0.2) is 17.0 Å². The average Bonchev–Trinajstić information content (AvgIpc) is 2.83. The van der Waals surface area contributed by atoms with Gasteiger partial charge in [0.1, 0.15) is 12.4 Å². The lowest BCUT2D eigenvalue weighted by Gasteiger charge is -2.23. The zero-order valence-corrected chi connectivity index (χ0v) is 19.8. The summed E-state index contributed by atoms with van der Waals surface area (Å²) in [6.45, 7) is 4.06. The third-order valence-electron chi connectivity index (χ3n) is 5.55. The maximum atomic E-state index is 14.6. The highest BCUT2D eigenvalue weighted by Gasteiger charge is 2.23. The smallest absolute Gasteiger partial charge is 0.303 e. The molecule has 2 N–H and O–H groups in total. The Hall–Kier alpha value is -3.74. The van der Waals surface area contributed by atoms with Gasteiger partial charge in [-0.05, 0) is 54.2 Å². The summed E-state index contributed by atoms with van der Waals surface area (Å²) < 4.78 is 34.2. The van der Waals surface area contributed by atoms with E-state index < -0.39 is 29.6 Å². The fraction of sp³-hybridized carbons (Fsp3) is 0.286. The molecule has 0 radical (unpaired) electrons. The minimum atomic E-state index is -0.991. The van der Waals surface area contributed by atoms with E-state index in [1.165, 1.54) is 12.1 Å². The van der Waals surface area contributed by atoms with E-state index in [4.69, 9.17) is 9.84 Å². The summed E-state index contributed by atoms with van der Waals surface area (Å²) in [5.74, 6) is -2.66. The Bertz CT molecular complexity index is 1160. The molecule has 3 aromatic rings. The number of aryl methyl sites for hydroxylation is 1. The Kier molecular flexibility index (Phi) is 8.95. The van der Waals surface area contributed by atoms with Gasteiger partial charge in [-0.2, -0.15) is 0 Å². The lowest BCUT2D eigenvalue weighted by Crippen LogP contribution is -2.31. The van der Waals surface area contributed by atoms with Crippen molar-refractivity contribution in [2.24, 2.45) is 5.92 Å². The summed E-state index contributed by atoms with van der Waals surface area (Å²) in [4.78, 5) is 24.5. The molecule has 35 heavy (non-hydrogen) atoms. The largest absolute Gasteiger partial charge is 0.489 e. The Morgan fingerprint density at radius 2 is 1.74 bits per heavy atom. The molecule has 0 aliphatic heterocycles. The first-order valence-corrected chi connectivity index (χ1v) is 11.5. The second-order valence-corrected chi connectivity index (χ2v) is 8.79. The number of halogens is 2. The highest BCUT2D eigenvalue weighted by atomic mass is 19.2. The minimum absolute atomic E-state index is 0.0719. The zero-order valence-electron chi connectivity index (χ0n) is 19.8. The number of nitrogens with one attached hydrogen (secondary N) is 1. The number of rotatable bonds is 11. The molecule has 0 aromatic heterocycles.